The van der Waals surface area contributed by atoms with Crippen LogP contribution < -0.4 is 4.18 Å². The second kappa shape index (κ2) is 11.4. The van der Waals surface area contributed by atoms with Crippen molar-refractivity contribution < 1.29 is 30.6 Å². The van der Waals surface area contributed by atoms with Crippen LogP contribution in [-0.4, -0.2) is 29.3 Å². The van der Waals surface area contributed by atoms with Crippen molar-refractivity contribution in [3.8, 4) is 5.75 Å². The number of carbonyl (C=O) groups is 1. The molecule has 6 rings (SSSR count). The third-order valence-electron chi connectivity index (χ3n) is 7.76. The molecular formula is C35H25F3N2O4S. The van der Waals surface area contributed by atoms with E-state index in [0.29, 0.717) is 16.3 Å². The molecule has 1 aromatic heterocycles. The lowest BCUT2D eigenvalue weighted by molar-refractivity contribution is -0.0500. The number of carbonyl (C=O) groups excluding carboxylic acids is 1. The average Bonchev–Trinajstić information content (AvgIpc) is 3.54. The molecule has 226 valence electrons. The van der Waals surface area contributed by atoms with Crippen molar-refractivity contribution in [2.45, 2.75) is 18.0 Å². The molecule has 0 bridgehead atoms. The van der Waals surface area contributed by atoms with Crippen molar-refractivity contribution >= 4 is 26.7 Å². The van der Waals surface area contributed by atoms with E-state index in [0.717, 1.165) is 22.8 Å². The summed E-state index contributed by atoms with van der Waals surface area (Å²) >= 11 is 0. The highest BCUT2D eigenvalue weighted by Crippen LogP contribution is 2.41. The van der Waals surface area contributed by atoms with Gasteiger partial charge in [0.05, 0.1) is 6.33 Å². The van der Waals surface area contributed by atoms with Gasteiger partial charge in [-0.05, 0) is 46.5 Å². The molecule has 6 nitrogen and oxygen atoms in total. The molecule has 6 aromatic rings. The van der Waals surface area contributed by atoms with Crippen LogP contribution in [0.1, 0.15) is 38.3 Å². The number of halogens is 3. The number of aromatic nitrogens is 2. The molecule has 45 heavy (non-hydrogen) atoms. The predicted octanol–water partition coefficient (Wildman–Crippen LogP) is 7.64. The second-order valence-electron chi connectivity index (χ2n) is 10.4. The molecule has 0 N–H and O–H groups in total. The minimum absolute atomic E-state index is 0.182. The fourth-order valence-electron chi connectivity index (χ4n) is 5.62. The van der Waals surface area contributed by atoms with Crippen molar-refractivity contribution in [1.82, 2.24) is 9.55 Å². The Morgan fingerprint density at radius 2 is 1.29 bits per heavy atom. The Kier molecular flexibility index (Phi) is 7.54. The number of hydrogen-bond donors (Lipinski definition) is 0. The monoisotopic (exact) mass is 626 g/mol. The first kappa shape index (κ1) is 29.8. The van der Waals surface area contributed by atoms with Crippen molar-refractivity contribution in [1.29, 1.82) is 0 Å². The number of fused-ring (bicyclic) bond motifs is 1. The van der Waals surface area contributed by atoms with Crippen LogP contribution in [0.4, 0.5) is 13.2 Å². The topological polar surface area (TPSA) is 78.3 Å². The first-order chi connectivity index (χ1) is 21.5. The number of rotatable bonds is 8. The van der Waals surface area contributed by atoms with Crippen molar-refractivity contribution in [2.24, 2.45) is 0 Å². The van der Waals surface area contributed by atoms with E-state index in [1.165, 1.54) is 19.1 Å². The molecule has 0 amide bonds. The van der Waals surface area contributed by atoms with Gasteiger partial charge < -0.3 is 8.75 Å². The molecule has 0 fully saturated rings. The van der Waals surface area contributed by atoms with E-state index < -0.39 is 26.9 Å². The van der Waals surface area contributed by atoms with Crippen molar-refractivity contribution in [3.05, 3.63) is 167 Å². The smallest absolute Gasteiger partial charge is 0.376 e. The van der Waals surface area contributed by atoms with Crippen molar-refractivity contribution in [3.63, 3.8) is 0 Å². The SMILES string of the molecule is Cc1c(OS(=O)(=O)C(F)(F)F)ccc2cc(C(=O)c3cn(C(c4ccccc4)(c4ccccc4)c4ccccc4)cn3)ccc12. The van der Waals surface area contributed by atoms with Crippen LogP contribution in [0.15, 0.2) is 134 Å². The summed E-state index contributed by atoms with van der Waals surface area (Å²) in [7, 11) is -5.83. The molecule has 5 aromatic carbocycles. The summed E-state index contributed by atoms with van der Waals surface area (Å²) in [5, 5.41) is 0.949. The number of benzene rings is 5. The van der Waals surface area contributed by atoms with Crippen LogP contribution in [0.3, 0.4) is 0 Å². The van der Waals surface area contributed by atoms with Gasteiger partial charge >= 0.3 is 15.6 Å². The maximum Gasteiger partial charge on any atom is 0.534 e. The maximum absolute atomic E-state index is 13.8. The van der Waals surface area contributed by atoms with Crippen LogP contribution in [0, 0.1) is 6.92 Å². The van der Waals surface area contributed by atoms with Gasteiger partial charge in [0, 0.05) is 17.3 Å². The third kappa shape index (κ3) is 5.27. The molecule has 0 spiro atoms. The van der Waals surface area contributed by atoms with Gasteiger partial charge in [-0.2, -0.15) is 21.6 Å². The van der Waals surface area contributed by atoms with Gasteiger partial charge in [0.1, 0.15) is 17.0 Å². The van der Waals surface area contributed by atoms with Crippen LogP contribution in [0.25, 0.3) is 10.8 Å². The summed E-state index contributed by atoms with van der Waals surface area (Å²) in [6.07, 6.45) is 3.35. The van der Waals surface area contributed by atoms with E-state index in [9.17, 15) is 26.4 Å². The summed E-state index contributed by atoms with van der Waals surface area (Å²) in [5.41, 5.74) is -2.86. The summed E-state index contributed by atoms with van der Waals surface area (Å²) in [5.74, 6) is -0.812. The minimum atomic E-state index is -5.83. The number of hydrogen-bond acceptors (Lipinski definition) is 5. The Hall–Kier alpha value is -5.22. The van der Waals surface area contributed by atoms with Gasteiger partial charge in [0.25, 0.3) is 0 Å². The molecule has 0 saturated heterocycles. The average molecular weight is 627 g/mol. The fourth-order valence-corrected chi connectivity index (χ4v) is 6.13. The highest BCUT2D eigenvalue weighted by Gasteiger charge is 2.48. The Bertz CT molecular complexity index is 2020. The third-order valence-corrected chi connectivity index (χ3v) is 8.73. The second-order valence-corrected chi connectivity index (χ2v) is 11.9. The van der Waals surface area contributed by atoms with E-state index in [2.05, 4.69) is 9.17 Å². The van der Waals surface area contributed by atoms with Gasteiger partial charge in [-0.25, -0.2) is 4.98 Å². The lowest BCUT2D eigenvalue weighted by atomic mass is 9.77. The Morgan fingerprint density at radius 3 is 1.80 bits per heavy atom. The number of imidazole rings is 1. The first-order valence-corrected chi connectivity index (χ1v) is 15.2. The number of aryl methyl sites for hydroxylation is 1. The fraction of sp³-hybridized carbons (Fsp3) is 0.0857. The molecule has 0 unspecified atom stereocenters. The standard InChI is InChI=1S/C35H25F3N2O4S/c1-24-30-19-17-26(21-25(30)18-20-32(24)44-45(42,43)35(36,37)38)33(41)31-22-40(23-39-31)34(27-11-5-2-6-12-27,28-13-7-3-8-14-28)29-15-9-4-10-16-29/h2-23H,1H3. The van der Waals surface area contributed by atoms with E-state index in [4.69, 9.17) is 0 Å². The molecule has 0 aliphatic heterocycles. The predicted molar refractivity (Wildman–Crippen MR) is 165 cm³/mol. The van der Waals surface area contributed by atoms with E-state index in [1.807, 2.05) is 95.6 Å². The molecule has 0 saturated carbocycles. The Morgan fingerprint density at radius 1 is 0.756 bits per heavy atom. The molecule has 10 heteroatoms. The van der Waals surface area contributed by atoms with E-state index >= 15 is 0 Å². The van der Waals surface area contributed by atoms with Crippen LogP contribution in [-0.2, 0) is 15.7 Å². The number of ketones is 1. The molecule has 0 radical (unpaired) electrons. The zero-order valence-electron chi connectivity index (χ0n) is 23.8. The Balaban J connectivity index is 1.42. The number of alkyl halides is 3. The molecule has 0 atom stereocenters. The summed E-state index contributed by atoms with van der Waals surface area (Å²) < 4.78 is 68.0. The van der Waals surface area contributed by atoms with Crippen LogP contribution in [0.2, 0.25) is 0 Å². The summed E-state index contributed by atoms with van der Waals surface area (Å²) in [4.78, 5) is 18.3. The first-order valence-electron chi connectivity index (χ1n) is 13.8. The van der Waals surface area contributed by atoms with Gasteiger partial charge in [-0.3, -0.25) is 4.79 Å². The Labute approximate surface area is 257 Å². The normalized spacial score (nSPS) is 12.3. The minimum Gasteiger partial charge on any atom is -0.376 e. The highest BCUT2D eigenvalue weighted by atomic mass is 32.2. The van der Waals surface area contributed by atoms with Gasteiger partial charge in [-0.1, -0.05) is 109 Å². The largest absolute Gasteiger partial charge is 0.534 e. The quantitative estimate of drug-likeness (QED) is 0.0751. The summed E-state index contributed by atoms with van der Waals surface area (Å²) in [6.45, 7) is 1.45. The van der Waals surface area contributed by atoms with Crippen LogP contribution in [0.5, 0.6) is 5.75 Å². The molecule has 0 aliphatic carbocycles. The maximum atomic E-state index is 13.8. The number of nitrogens with zero attached hydrogens (tertiary/aromatic N) is 2. The lowest BCUT2D eigenvalue weighted by Crippen LogP contribution is -2.37. The molecular weight excluding hydrogens is 601 g/mol. The van der Waals surface area contributed by atoms with Gasteiger partial charge in [0.15, 0.2) is 0 Å². The van der Waals surface area contributed by atoms with E-state index in [1.54, 1.807) is 24.7 Å². The zero-order chi connectivity index (χ0) is 31.8. The van der Waals surface area contributed by atoms with Gasteiger partial charge in [-0.15, -0.1) is 0 Å². The van der Waals surface area contributed by atoms with E-state index in [-0.39, 0.29) is 17.0 Å². The summed E-state index contributed by atoms with van der Waals surface area (Å²) in [6, 6.07) is 37.0. The van der Waals surface area contributed by atoms with Gasteiger partial charge in [0.2, 0.25) is 5.78 Å². The lowest BCUT2D eigenvalue weighted by Gasteiger charge is -2.37. The van der Waals surface area contributed by atoms with Crippen molar-refractivity contribution in [2.75, 3.05) is 0 Å². The zero-order valence-corrected chi connectivity index (χ0v) is 24.6. The molecule has 1 heterocycles. The van der Waals surface area contributed by atoms with Crippen LogP contribution >= 0.6 is 0 Å². The molecule has 0 aliphatic rings. The highest BCUT2D eigenvalue weighted by molar-refractivity contribution is 7.88.